The molecule has 0 spiro atoms. The van der Waals surface area contributed by atoms with Gasteiger partial charge in [0, 0.05) is 12.4 Å². The van der Waals surface area contributed by atoms with Crippen LogP contribution < -0.4 is 9.47 Å². The molecule has 3 aromatic rings. The van der Waals surface area contributed by atoms with Gasteiger partial charge < -0.3 is 18.9 Å². The lowest BCUT2D eigenvalue weighted by Gasteiger charge is -2.04. The lowest BCUT2D eigenvalue weighted by atomic mass is 10.1. The van der Waals surface area contributed by atoms with E-state index in [0.717, 1.165) is 47.2 Å². The van der Waals surface area contributed by atoms with Crippen LogP contribution in [0.25, 0.3) is 0 Å². The van der Waals surface area contributed by atoms with Crippen molar-refractivity contribution in [2.45, 2.75) is 12.2 Å². The van der Waals surface area contributed by atoms with Crippen LogP contribution >= 0.6 is 0 Å². The normalized spacial score (nSPS) is 19.4. The Kier molecular flexibility index (Phi) is 6.23. The van der Waals surface area contributed by atoms with E-state index in [0.29, 0.717) is 13.2 Å². The van der Waals surface area contributed by atoms with E-state index in [1.54, 1.807) is 0 Å². The molecule has 2 atom stereocenters. The minimum atomic E-state index is 0.258. The Hall–Kier alpha value is -3.48. The SMILES string of the molecule is C(=Nc1ccc(OCC2CO2)cc1)c1ccc(C=Nc2ccc(OCC3CO3)cc2)cc1. The first-order valence-electron chi connectivity index (χ1n) is 10.7. The van der Waals surface area contributed by atoms with Crippen LogP contribution in [0.5, 0.6) is 11.5 Å². The van der Waals surface area contributed by atoms with E-state index in [4.69, 9.17) is 18.9 Å². The summed E-state index contributed by atoms with van der Waals surface area (Å²) in [7, 11) is 0. The third-order valence-electron chi connectivity index (χ3n) is 5.01. The second-order valence-corrected chi connectivity index (χ2v) is 7.70. The average molecular weight is 428 g/mol. The van der Waals surface area contributed by atoms with Gasteiger partial charge in [0.1, 0.15) is 36.9 Å². The van der Waals surface area contributed by atoms with Gasteiger partial charge in [-0.3, -0.25) is 9.98 Å². The lowest BCUT2D eigenvalue weighted by Crippen LogP contribution is -2.03. The predicted molar refractivity (Wildman–Crippen MR) is 124 cm³/mol. The molecule has 0 radical (unpaired) electrons. The van der Waals surface area contributed by atoms with Crippen molar-refractivity contribution in [2.75, 3.05) is 26.4 Å². The summed E-state index contributed by atoms with van der Waals surface area (Å²) in [4.78, 5) is 9.06. The fraction of sp³-hybridized carbons (Fsp3) is 0.231. The van der Waals surface area contributed by atoms with Crippen LogP contribution in [-0.2, 0) is 9.47 Å². The largest absolute Gasteiger partial charge is 0.491 e. The summed E-state index contributed by atoms with van der Waals surface area (Å²) < 4.78 is 21.6. The lowest BCUT2D eigenvalue weighted by molar-refractivity contribution is 0.263. The molecule has 3 aromatic carbocycles. The fourth-order valence-electron chi connectivity index (χ4n) is 2.93. The molecule has 2 fully saturated rings. The highest BCUT2D eigenvalue weighted by molar-refractivity contribution is 5.86. The molecule has 2 heterocycles. The van der Waals surface area contributed by atoms with Gasteiger partial charge in [0.05, 0.1) is 24.6 Å². The van der Waals surface area contributed by atoms with Gasteiger partial charge >= 0.3 is 0 Å². The molecular weight excluding hydrogens is 404 g/mol. The Labute approximate surface area is 187 Å². The molecule has 0 N–H and O–H groups in total. The predicted octanol–water partition coefficient (Wildman–Crippen LogP) is 4.74. The third-order valence-corrected chi connectivity index (χ3v) is 5.01. The molecule has 2 saturated heterocycles. The minimum Gasteiger partial charge on any atom is -0.491 e. The molecule has 0 saturated carbocycles. The van der Waals surface area contributed by atoms with Gasteiger partial charge in [0.25, 0.3) is 0 Å². The van der Waals surface area contributed by atoms with Crippen LogP contribution in [0.3, 0.4) is 0 Å². The zero-order valence-corrected chi connectivity index (χ0v) is 17.6. The van der Waals surface area contributed by atoms with Gasteiger partial charge in [-0.1, -0.05) is 24.3 Å². The number of epoxide rings is 2. The van der Waals surface area contributed by atoms with E-state index < -0.39 is 0 Å². The molecule has 2 aliphatic heterocycles. The van der Waals surface area contributed by atoms with E-state index in [1.165, 1.54) is 0 Å². The molecule has 0 bridgehead atoms. The molecule has 0 amide bonds. The summed E-state index contributed by atoms with van der Waals surface area (Å²) in [6.07, 6.45) is 4.21. The smallest absolute Gasteiger partial charge is 0.119 e. The first kappa shape index (κ1) is 20.4. The Morgan fingerprint density at radius 3 is 1.34 bits per heavy atom. The van der Waals surface area contributed by atoms with Crippen LogP contribution in [0.1, 0.15) is 11.1 Å². The molecular formula is C26H24N2O4. The maximum absolute atomic E-state index is 5.64. The van der Waals surface area contributed by atoms with Crippen molar-refractivity contribution in [2.24, 2.45) is 9.98 Å². The minimum absolute atomic E-state index is 0.258. The average Bonchev–Trinajstić information content (AvgIpc) is 3.76. The number of hydrogen-bond donors (Lipinski definition) is 0. The molecule has 6 nitrogen and oxygen atoms in total. The van der Waals surface area contributed by atoms with Gasteiger partial charge in [-0.25, -0.2) is 0 Å². The summed E-state index contributed by atoms with van der Waals surface area (Å²) >= 11 is 0. The topological polar surface area (TPSA) is 68.2 Å². The Bertz CT molecular complexity index is 980. The van der Waals surface area contributed by atoms with Gasteiger partial charge in [-0.15, -0.1) is 0 Å². The van der Waals surface area contributed by atoms with E-state index in [1.807, 2.05) is 85.2 Å². The third kappa shape index (κ3) is 6.26. The summed E-state index contributed by atoms with van der Waals surface area (Å²) in [6, 6.07) is 23.6. The molecule has 2 aliphatic rings. The number of benzene rings is 3. The summed E-state index contributed by atoms with van der Waals surface area (Å²) in [5.74, 6) is 1.66. The van der Waals surface area contributed by atoms with Gasteiger partial charge in [0.2, 0.25) is 0 Å². The standard InChI is InChI=1S/C26H24N2O4/c1-2-20(14-28-22-7-11-24(12-8-22)30-16-26-18-32-26)4-3-19(1)13-27-21-5-9-23(10-6-21)29-15-25-17-31-25/h1-14,25-26H,15-18H2. The molecule has 2 unspecified atom stereocenters. The zero-order chi connectivity index (χ0) is 21.6. The number of nitrogens with zero attached hydrogens (tertiary/aromatic N) is 2. The quantitative estimate of drug-likeness (QED) is 0.345. The second-order valence-electron chi connectivity index (χ2n) is 7.70. The van der Waals surface area contributed by atoms with Crippen molar-refractivity contribution in [1.82, 2.24) is 0 Å². The fourth-order valence-corrected chi connectivity index (χ4v) is 2.93. The molecule has 6 heteroatoms. The Morgan fingerprint density at radius 1 is 0.625 bits per heavy atom. The monoisotopic (exact) mass is 428 g/mol. The zero-order valence-electron chi connectivity index (χ0n) is 17.6. The van der Waals surface area contributed by atoms with Crippen LogP contribution in [0.4, 0.5) is 11.4 Å². The van der Waals surface area contributed by atoms with Crippen LogP contribution in [-0.4, -0.2) is 51.1 Å². The highest BCUT2D eigenvalue weighted by atomic mass is 16.6. The summed E-state index contributed by atoms with van der Waals surface area (Å²) in [5, 5.41) is 0. The maximum Gasteiger partial charge on any atom is 0.119 e. The first-order valence-corrected chi connectivity index (χ1v) is 10.7. The first-order chi connectivity index (χ1) is 15.8. The highest BCUT2D eigenvalue weighted by Gasteiger charge is 2.23. The van der Waals surface area contributed by atoms with Crippen molar-refractivity contribution in [3.63, 3.8) is 0 Å². The van der Waals surface area contributed by atoms with Crippen LogP contribution in [0.2, 0.25) is 0 Å². The van der Waals surface area contributed by atoms with E-state index in [-0.39, 0.29) is 12.2 Å². The van der Waals surface area contributed by atoms with E-state index >= 15 is 0 Å². The maximum atomic E-state index is 5.64. The highest BCUT2D eigenvalue weighted by Crippen LogP contribution is 2.21. The summed E-state index contributed by atoms with van der Waals surface area (Å²) in [6.45, 7) is 2.81. The van der Waals surface area contributed by atoms with Crippen molar-refractivity contribution in [1.29, 1.82) is 0 Å². The van der Waals surface area contributed by atoms with Crippen LogP contribution in [0.15, 0.2) is 82.8 Å². The molecule has 32 heavy (non-hydrogen) atoms. The Balaban J connectivity index is 1.12. The van der Waals surface area contributed by atoms with Crippen molar-refractivity contribution in [3.8, 4) is 11.5 Å². The number of rotatable bonds is 10. The number of ether oxygens (including phenoxy) is 4. The van der Waals surface area contributed by atoms with E-state index in [9.17, 15) is 0 Å². The van der Waals surface area contributed by atoms with Gasteiger partial charge in [0.15, 0.2) is 0 Å². The molecule has 5 rings (SSSR count). The Morgan fingerprint density at radius 2 is 1.00 bits per heavy atom. The van der Waals surface area contributed by atoms with Crippen molar-refractivity contribution < 1.29 is 18.9 Å². The van der Waals surface area contributed by atoms with Crippen molar-refractivity contribution in [3.05, 3.63) is 83.9 Å². The molecule has 162 valence electrons. The molecule has 0 aromatic heterocycles. The summed E-state index contributed by atoms with van der Waals surface area (Å²) in [5.41, 5.74) is 3.80. The van der Waals surface area contributed by atoms with E-state index in [2.05, 4.69) is 9.98 Å². The van der Waals surface area contributed by atoms with Crippen molar-refractivity contribution >= 4 is 23.8 Å². The van der Waals surface area contributed by atoms with Gasteiger partial charge in [-0.2, -0.15) is 0 Å². The van der Waals surface area contributed by atoms with Crippen LogP contribution in [0, 0.1) is 0 Å². The number of hydrogen-bond acceptors (Lipinski definition) is 6. The van der Waals surface area contributed by atoms with Gasteiger partial charge in [-0.05, 0) is 59.7 Å². The molecule has 0 aliphatic carbocycles. The number of aliphatic imine (C=N–C) groups is 2. The second kappa shape index (κ2) is 9.77.